The first-order valence-corrected chi connectivity index (χ1v) is 7.21. The van der Waals surface area contributed by atoms with E-state index >= 15 is 0 Å². The molecule has 3 nitrogen and oxygen atoms in total. The zero-order chi connectivity index (χ0) is 16.3. The van der Waals surface area contributed by atoms with Crippen molar-refractivity contribution < 1.29 is 14.3 Å². The first kappa shape index (κ1) is 16.0. The van der Waals surface area contributed by atoms with Gasteiger partial charge in [-0.05, 0) is 54.3 Å². The predicted molar refractivity (Wildman–Crippen MR) is 86.5 cm³/mol. The highest BCUT2D eigenvalue weighted by atomic mass is 16.5. The third-order valence-electron chi connectivity index (χ3n) is 3.46. The van der Waals surface area contributed by atoms with Crippen molar-refractivity contribution in [2.45, 2.75) is 33.1 Å². The Morgan fingerprint density at radius 2 is 1.32 bits per heavy atom. The van der Waals surface area contributed by atoms with Crippen LogP contribution in [0.25, 0.3) is 0 Å². The van der Waals surface area contributed by atoms with E-state index in [1.807, 2.05) is 12.1 Å². The van der Waals surface area contributed by atoms with Crippen molar-refractivity contribution in [3.05, 3.63) is 65.2 Å². The van der Waals surface area contributed by atoms with Crippen LogP contribution in [0.1, 0.15) is 54.0 Å². The van der Waals surface area contributed by atoms with Crippen LogP contribution in [0.3, 0.4) is 0 Å². The van der Waals surface area contributed by atoms with Gasteiger partial charge >= 0.3 is 5.97 Å². The predicted octanol–water partition coefficient (Wildman–Crippen LogP) is 4.41. The van der Waals surface area contributed by atoms with Gasteiger partial charge in [0.25, 0.3) is 0 Å². The molecule has 0 unspecified atom stereocenters. The van der Waals surface area contributed by atoms with Gasteiger partial charge in [-0.3, -0.25) is 4.79 Å². The Morgan fingerprint density at radius 1 is 0.818 bits per heavy atom. The number of ether oxygens (including phenoxy) is 1. The van der Waals surface area contributed by atoms with Gasteiger partial charge in [-0.1, -0.05) is 32.9 Å². The number of hydrogen-bond donors (Lipinski definition) is 0. The third kappa shape index (κ3) is 3.82. The number of esters is 1. The maximum atomic E-state index is 12.1. The van der Waals surface area contributed by atoms with Crippen LogP contribution in [-0.2, 0) is 5.41 Å². The Balaban J connectivity index is 2.10. The molecule has 0 radical (unpaired) electrons. The number of carbonyl (C=O) groups is 2. The average Bonchev–Trinajstić information content (AvgIpc) is 2.47. The smallest absolute Gasteiger partial charge is 0.343 e. The molecule has 0 amide bonds. The molecule has 0 aliphatic carbocycles. The molecule has 0 saturated heterocycles. The van der Waals surface area contributed by atoms with Crippen LogP contribution >= 0.6 is 0 Å². The maximum absolute atomic E-state index is 12.1. The van der Waals surface area contributed by atoms with Crippen molar-refractivity contribution in [2.75, 3.05) is 0 Å². The van der Waals surface area contributed by atoms with Crippen molar-refractivity contribution in [1.82, 2.24) is 0 Å². The van der Waals surface area contributed by atoms with Gasteiger partial charge < -0.3 is 4.74 Å². The number of rotatable bonds is 3. The Labute approximate surface area is 130 Å². The van der Waals surface area contributed by atoms with Gasteiger partial charge in [0.1, 0.15) is 5.75 Å². The Bertz CT molecular complexity index is 674. The first-order valence-electron chi connectivity index (χ1n) is 7.21. The fourth-order valence-electron chi connectivity index (χ4n) is 2.03. The second-order valence-corrected chi connectivity index (χ2v) is 6.30. The lowest BCUT2D eigenvalue weighted by Crippen LogP contribution is -2.13. The van der Waals surface area contributed by atoms with Gasteiger partial charge in [0.05, 0.1) is 5.56 Å². The first-order chi connectivity index (χ1) is 10.3. The summed E-state index contributed by atoms with van der Waals surface area (Å²) in [6.45, 7) is 7.86. The van der Waals surface area contributed by atoms with Gasteiger partial charge in [0.15, 0.2) is 5.78 Å². The molecule has 0 N–H and O–H groups in total. The minimum Gasteiger partial charge on any atom is -0.423 e. The monoisotopic (exact) mass is 296 g/mol. The molecule has 0 heterocycles. The zero-order valence-corrected chi connectivity index (χ0v) is 13.3. The fraction of sp³-hybridized carbons (Fsp3) is 0.263. The molecule has 0 saturated carbocycles. The van der Waals surface area contributed by atoms with E-state index in [0.717, 1.165) is 5.56 Å². The molecule has 0 spiro atoms. The van der Waals surface area contributed by atoms with E-state index in [9.17, 15) is 9.59 Å². The van der Waals surface area contributed by atoms with E-state index in [-0.39, 0.29) is 11.2 Å². The van der Waals surface area contributed by atoms with Crippen LogP contribution in [0.2, 0.25) is 0 Å². The Kier molecular flexibility index (Phi) is 4.45. The minimum absolute atomic E-state index is 0.0179. The largest absolute Gasteiger partial charge is 0.423 e. The summed E-state index contributed by atoms with van der Waals surface area (Å²) in [5, 5.41) is 0. The van der Waals surface area contributed by atoms with E-state index in [0.29, 0.717) is 16.9 Å². The molecule has 22 heavy (non-hydrogen) atoms. The summed E-state index contributed by atoms with van der Waals surface area (Å²) < 4.78 is 5.31. The lowest BCUT2D eigenvalue weighted by molar-refractivity contribution is 0.0734. The van der Waals surface area contributed by atoms with E-state index < -0.39 is 5.97 Å². The Hall–Kier alpha value is -2.42. The van der Waals surface area contributed by atoms with Gasteiger partial charge in [-0.2, -0.15) is 0 Å². The molecule has 2 aromatic rings. The molecule has 0 bridgehead atoms. The lowest BCUT2D eigenvalue weighted by Gasteiger charge is -2.18. The quantitative estimate of drug-likeness (QED) is 0.479. The third-order valence-corrected chi connectivity index (χ3v) is 3.46. The van der Waals surface area contributed by atoms with Crippen LogP contribution < -0.4 is 4.74 Å². The molecule has 0 fully saturated rings. The number of benzene rings is 2. The number of Topliss-reactive ketones (excluding diaryl/α,β-unsaturated/α-hetero) is 1. The highest BCUT2D eigenvalue weighted by molar-refractivity contribution is 5.94. The van der Waals surface area contributed by atoms with E-state index in [2.05, 4.69) is 20.8 Å². The van der Waals surface area contributed by atoms with Gasteiger partial charge in [0.2, 0.25) is 0 Å². The molecule has 3 heteroatoms. The summed E-state index contributed by atoms with van der Waals surface area (Å²) >= 11 is 0. The van der Waals surface area contributed by atoms with Crippen molar-refractivity contribution >= 4 is 11.8 Å². The van der Waals surface area contributed by atoms with Crippen molar-refractivity contribution in [1.29, 1.82) is 0 Å². The zero-order valence-electron chi connectivity index (χ0n) is 13.3. The number of ketones is 1. The molecule has 0 aliphatic heterocycles. The summed E-state index contributed by atoms with van der Waals surface area (Å²) in [7, 11) is 0. The summed E-state index contributed by atoms with van der Waals surface area (Å²) in [5.74, 6) is 0.00146. The van der Waals surface area contributed by atoms with E-state index in [1.54, 1.807) is 36.4 Å². The maximum Gasteiger partial charge on any atom is 0.343 e. The molecule has 0 aromatic heterocycles. The van der Waals surface area contributed by atoms with Crippen molar-refractivity contribution in [3.8, 4) is 5.75 Å². The van der Waals surface area contributed by atoms with Crippen LogP contribution in [0.5, 0.6) is 5.75 Å². The second-order valence-electron chi connectivity index (χ2n) is 6.30. The van der Waals surface area contributed by atoms with Crippen molar-refractivity contribution in [2.24, 2.45) is 0 Å². The molecular formula is C19H20O3. The summed E-state index contributed by atoms with van der Waals surface area (Å²) in [6, 6.07) is 14.0. The standard InChI is InChI=1S/C19H20O3/c1-13(20)14-7-11-17(12-8-14)22-18(21)15-5-9-16(10-6-15)19(2,3)4/h5-12H,1-4H3. The highest BCUT2D eigenvalue weighted by Crippen LogP contribution is 2.22. The summed E-state index contributed by atoms with van der Waals surface area (Å²) in [4.78, 5) is 23.3. The molecule has 114 valence electrons. The van der Waals surface area contributed by atoms with Gasteiger partial charge in [-0.25, -0.2) is 4.79 Å². The van der Waals surface area contributed by atoms with Gasteiger partial charge in [-0.15, -0.1) is 0 Å². The summed E-state index contributed by atoms with van der Waals surface area (Å²) in [5.41, 5.74) is 2.30. The van der Waals surface area contributed by atoms with E-state index in [4.69, 9.17) is 4.74 Å². The minimum atomic E-state index is -0.406. The SMILES string of the molecule is CC(=O)c1ccc(OC(=O)c2ccc(C(C)(C)C)cc2)cc1. The number of hydrogen-bond acceptors (Lipinski definition) is 3. The Morgan fingerprint density at radius 3 is 1.77 bits per heavy atom. The molecule has 2 aromatic carbocycles. The van der Waals surface area contributed by atoms with Crippen LogP contribution in [-0.4, -0.2) is 11.8 Å². The summed E-state index contributed by atoms with van der Waals surface area (Å²) in [6.07, 6.45) is 0. The lowest BCUT2D eigenvalue weighted by atomic mass is 9.87. The molecule has 0 aliphatic rings. The van der Waals surface area contributed by atoms with E-state index in [1.165, 1.54) is 6.92 Å². The van der Waals surface area contributed by atoms with Crippen LogP contribution in [0, 0.1) is 0 Å². The molecule has 0 atom stereocenters. The fourth-order valence-corrected chi connectivity index (χ4v) is 2.03. The molecule has 2 rings (SSSR count). The normalized spacial score (nSPS) is 11.1. The van der Waals surface area contributed by atoms with Crippen LogP contribution in [0.15, 0.2) is 48.5 Å². The van der Waals surface area contributed by atoms with Crippen molar-refractivity contribution in [3.63, 3.8) is 0 Å². The van der Waals surface area contributed by atoms with Gasteiger partial charge in [0, 0.05) is 5.56 Å². The molecular weight excluding hydrogens is 276 g/mol. The highest BCUT2D eigenvalue weighted by Gasteiger charge is 2.15. The van der Waals surface area contributed by atoms with Crippen LogP contribution in [0.4, 0.5) is 0 Å². The number of carbonyl (C=O) groups excluding carboxylic acids is 2. The topological polar surface area (TPSA) is 43.4 Å². The average molecular weight is 296 g/mol. The second kappa shape index (κ2) is 6.14.